The van der Waals surface area contributed by atoms with Gasteiger partial charge < -0.3 is 59.1 Å². The number of benzene rings is 1. The number of primary amides is 2. The Morgan fingerprint density at radius 2 is 1.44 bits per heavy atom. The second-order valence-corrected chi connectivity index (χ2v) is 18.1. The lowest BCUT2D eigenvalue weighted by Gasteiger charge is -2.25. The molecule has 3 rings (SSSR count). The summed E-state index contributed by atoms with van der Waals surface area (Å²) in [4.78, 5) is 125. The number of urea groups is 1. The number of fused-ring (bicyclic) bond motifs is 1. The van der Waals surface area contributed by atoms with Gasteiger partial charge in [0.1, 0.15) is 23.9 Å². The molecule has 2 fully saturated rings. The van der Waals surface area contributed by atoms with E-state index in [4.69, 9.17) is 16.7 Å². The number of unbranched alkanes of at least 4 members (excludes halogenated alkanes) is 2. The van der Waals surface area contributed by atoms with Gasteiger partial charge in [0.25, 0.3) is 0 Å². The lowest BCUT2D eigenvalue weighted by molar-refractivity contribution is -0.137. The van der Waals surface area contributed by atoms with Crippen molar-refractivity contribution >= 4 is 71.0 Å². The minimum absolute atomic E-state index is 0.0639. The van der Waals surface area contributed by atoms with Gasteiger partial charge in [-0.1, -0.05) is 32.4 Å². The first-order chi connectivity index (χ1) is 31.3. The van der Waals surface area contributed by atoms with Crippen LogP contribution in [-0.4, -0.2) is 130 Å². The average molecular weight is 948 g/mol. The highest BCUT2D eigenvalue weighted by atomic mass is 32.2. The number of thioether (sulfide) groups is 1. The Morgan fingerprint density at radius 3 is 2.11 bits per heavy atom. The number of carbonyl (C=O) groups excluding carboxylic acids is 10. The Hall–Kier alpha value is -6.17. The van der Waals surface area contributed by atoms with E-state index >= 15 is 0 Å². The van der Waals surface area contributed by atoms with Crippen molar-refractivity contribution in [1.29, 1.82) is 0 Å². The lowest BCUT2D eigenvalue weighted by Crippen LogP contribution is -2.56. The van der Waals surface area contributed by atoms with E-state index in [0.29, 0.717) is 43.0 Å². The van der Waals surface area contributed by atoms with E-state index in [-0.39, 0.29) is 67.8 Å². The van der Waals surface area contributed by atoms with Crippen LogP contribution in [0.1, 0.15) is 90.0 Å². The zero-order chi connectivity index (χ0) is 48.8. The molecule has 0 saturated carbocycles. The normalized spacial score (nSPS) is 17.9. The van der Waals surface area contributed by atoms with Gasteiger partial charge in [-0.05, 0) is 68.6 Å². The largest absolute Gasteiger partial charge is 0.508 e. The molecule has 2 saturated heterocycles. The van der Waals surface area contributed by atoms with Crippen molar-refractivity contribution in [2.45, 2.75) is 126 Å². The van der Waals surface area contributed by atoms with Gasteiger partial charge in [-0.3, -0.25) is 48.4 Å². The summed E-state index contributed by atoms with van der Waals surface area (Å²) in [6.07, 6.45) is 2.99. The number of carbonyl (C=O) groups is 10. The SMILES string of the molecule is CC(C)CC(CC(=O)NO)C(=O)N[C@@H](CCC(N)=O)C(=O)N[C@@H](Cc1ccc(O)cc1)C(=O)NCC(=O)NCC(=O)N[C@@H](CCCCNC(=O)CCCC[C@@H]1SC[C@@H]2NC(=O)N[C@@H]21)C(N)=O. The minimum Gasteiger partial charge on any atom is -0.508 e. The monoisotopic (exact) mass is 947 g/mol. The molecule has 15 N–H and O–H groups in total. The first-order valence-corrected chi connectivity index (χ1v) is 23.1. The van der Waals surface area contributed by atoms with Crippen molar-refractivity contribution in [3.8, 4) is 5.75 Å². The Kier molecular flexibility index (Phi) is 23.0. The van der Waals surface area contributed by atoms with Gasteiger partial charge in [-0.15, -0.1) is 0 Å². The maximum Gasteiger partial charge on any atom is 0.315 e. The topological polar surface area (TPSA) is 371 Å². The van der Waals surface area contributed by atoms with Crippen LogP contribution < -0.4 is 59.5 Å². The standard InChI is InChI=1S/C42H65N11O12S/c1-23(2)17-25(19-34(57)53-65)39(61)49-28(14-15-32(43)55)41(63)50-29(18-24-10-12-26(54)13-11-24)40(62)47-20-35(58)46-21-36(59)48-27(38(44)60)7-5-6-16-45-33(56)9-4-3-8-31-37-30(22-66-31)51-42(64)52-37/h10-13,23,25,27-31,37,54,65H,3-9,14-22H2,1-2H3,(H2,43,55)(H2,44,60)(H,45,56)(H,46,58)(H,47,62)(H,48,59)(H,49,61)(H,50,63)(H,53,57)(H2,51,52,64)/t25?,27-,28-,29-,30-,31-,37-/m0/s1. The van der Waals surface area contributed by atoms with Gasteiger partial charge in [0.05, 0.1) is 25.2 Å². The fraction of sp³-hybridized carbons (Fsp3) is 0.619. The fourth-order valence-electron chi connectivity index (χ4n) is 7.44. The van der Waals surface area contributed by atoms with Gasteiger partial charge in [-0.2, -0.15) is 11.8 Å². The number of rotatable bonds is 30. The number of amides is 11. The van der Waals surface area contributed by atoms with Crippen molar-refractivity contribution in [2.75, 3.05) is 25.4 Å². The number of aromatic hydroxyl groups is 1. The summed E-state index contributed by atoms with van der Waals surface area (Å²) in [6, 6.07) is 2.00. The highest BCUT2D eigenvalue weighted by Gasteiger charge is 2.42. The van der Waals surface area contributed by atoms with E-state index < -0.39 is 90.8 Å². The van der Waals surface area contributed by atoms with Crippen molar-refractivity contribution in [2.24, 2.45) is 23.3 Å². The van der Waals surface area contributed by atoms with E-state index in [0.717, 1.165) is 18.6 Å². The maximum absolute atomic E-state index is 13.7. The molecule has 23 nitrogen and oxygen atoms in total. The predicted molar refractivity (Wildman–Crippen MR) is 240 cm³/mol. The van der Waals surface area contributed by atoms with Gasteiger partial charge in [-0.25, -0.2) is 10.3 Å². The summed E-state index contributed by atoms with van der Waals surface area (Å²) in [5.74, 6) is -6.75. The van der Waals surface area contributed by atoms with Crippen LogP contribution in [0.4, 0.5) is 4.79 Å². The Bertz CT molecular complexity index is 1870. The Morgan fingerprint density at radius 1 is 0.742 bits per heavy atom. The van der Waals surface area contributed by atoms with Crippen molar-refractivity contribution in [1.82, 2.24) is 48.0 Å². The van der Waals surface area contributed by atoms with Crippen LogP contribution in [-0.2, 0) is 49.6 Å². The fourth-order valence-corrected chi connectivity index (χ4v) is 8.99. The molecule has 0 spiro atoms. The van der Waals surface area contributed by atoms with Gasteiger partial charge >= 0.3 is 6.03 Å². The van der Waals surface area contributed by atoms with Gasteiger partial charge in [0.15, 0.2) is 0 Å². The van der Waals surface area contributed by atoms with Crippen LogP contribution in [0.15, 0.2) is 24.3 Å². The second-order valence-electron chi connectivity index (χ2n) is 16.8. The van der Waals surface area contributed by atoms with Crippen LogP contribution in [0.5, 0.6) is 5.75 Å². The van der Waals surface area contributed by atoms with E-state index in [2.05, 4.69) is 42.5 Å². The third-order valence-corrected chi connectivity index (χ3v) is 12.4. The third kappa shape index (κ3) is 19.9. The number of nitrogens with one attached hydrogen (secondary N) is 9. The quantitative estimate of drug-likeness (QED) is 0.0171. The van der Waals surface area contributed by atoms with Crippen molar-refractivity contribution in [3.05, 3.63) is 29.8 Å². The molecule has 1 aromatic carbocycles. The highest BCUT2D eigenvalue weighted by molar-refractivity contribution is 8.00. The molecule has 7 atom stereocenters. The highest BCUT2D eigenvalue weighted by Crippen LogP contribution is 2.33. The minimum atomic E-state index is -1.41. The van der Waals surface area contributed by atoms with Crippen LogP contribution in [0.3, 0.4) is 0 Å². The Balaban J connectivity index is 1.46. The van der Waals surface area contributed by atoms with E-state index in [1.165, 1.54) is 29.7 Å². The van der Waals surface area contributed by atoms with Crippen LogP contribution in [0, 0.1) is 11.8 Å². The summed E-state index contributed by atoms with van der Waals surface area (Å²) < 4.78 is 0. The number of hydrogen-bond donors (Lipinski definition) is 13. The maximum atomic E-state index is 13.7. The van der Waals surface area contributed by atoms with E-state index in [9.17, 15) is 53.1 Å². The number of phenolic OH excluding ortho intramolecular Hbond substituents is 1. The zero-order valence-corrected chi connectivity index (χ0v) is 38.1. The number of hydroxylamine groups is 1. The number of hydrogen-bond acceptors (Lipinski definition) is 13. The Labute approximate surface area is 386 Å². The van der Waals surface area contributed by atoms with Crippen LogP contribution in [0.2, 0.25) is 0 Å². The molecule has 366 valence electrons. The molecule has 1 unspecified atom stereocenters. The third-order valence-electron chi connectivity index (χ3n) is 10.9. The van der Waals surface area contributed by atoms with E-state index in [1.54, 1.807) is 13.8 Å². The molecule has 1 aromatic rings. The molecule has 0 aromatic heterocycles. The number of nitrogens with two attached hydrogens (primary N) is 2. The molecule has 2 aliphatic heterocycles. The first-order valence-electron chi connectivity index (χ1n) is 22.0. The van der Waals surface area contributed by atoms with Crippen molar-refractivity contribution in [3.63, 3.8) is 0 Å². The van der Waals surface area contributed by atoms with Gasteiger partial charge in [0.2, 0.25) is 53.2 Å². The smallest absolute Gasteiger partial charge is 0.315 e. The zero-order valence-electron chi connectivity index (χ0n) is 37.3. The molecule has 0 aliphatic carbocycles. The van der Waals surface area contributed by atoms with Gasteiger partial charge in [0, 0.05) is 49.1 Å². The summed E-state index contributed by atoms with van der Waals surface area (Å²) in [5, 5.41) is 40.0. The molecule has 24 heteroatoms. The molecule has 2 heterocycles. The molecular formula is C42H65N11O12S. The summed E-state index contributed by atoms with van der Waals surface area (Å²) in [5.41, 5.74) is 12.8. The van der Waals surface area contributed by atoms with Crippen molar-refractivity contribution < 1.29 is 58.3 Å². The molecule has 11 amide bonds. The summed E-state index contributed by atoms with van der Waals surface area (Å²) in [7, 11) is 0. The van der Waals surface area contributed by atoms with Crippen LogP contribution >= 0.6 is 11.8 Å². The summed E-state index contributed by atoms with van der Waals surface area (Å²) >= 11 is 1.82. The van der Waals surface area contributed by atoms with Crippen LogP contribution in [0.25, 0.3) is 0 Å². The number of phenols is 1. The average Bonchev–Trinajstić information content (AvgIpc) is 3.82. The molecule has 2 aliphatic rings. The first kappa shape index (κ1) is 54.2. The van der Waals surface area contributed by atoms with E-state index in [1.807, 2.05) is 11.8 Å². The summed E-state index contributed by atoms with van der Waals surface area (Å²) in [6.45, 7) is 2.74. The second kappa shape index (κ2) is 28.0. The molecule has 0 bridgehead atoms. The molecule has 0 radical (unpaired) electrons. The molecule has 66 heavy (non-hydrogen) atoms. The lowest BCUT2D eigenvalue weighted by atomic mass is 9.92. The molecular weight excluding hydrogens is 883 g/mol. The predicted octanol–water partition coefficient (Wildman–Crippen LogP) is -2.06.